The van der Waals surface area contributed by atoms with E-state index in [1.165, 1.54) is 0 Å². The second-order valence-electron chi connectivity index (χ2n) is 5.64. The number of rotatable bonds is 3. The van der Waals surface area contributed by atoms with E-state index in [4.69, 9.17) is 0 Å². The predicted molar refractivity (Wildman–Crippen MR) is 75.8 cm³/mol. The Morgan fingerprint density at radius 3 is 2.65 bits per heavy atom. The first kappa shape index (κ1) is 13.1. The molecule has 1 aliphatic carbocycles. The van der Waals surface area contributed by atoms with Crippen molar-refractivity contribution in [2.45, 2.75) is 31.6 Å². The molecule has 1 aromatic rings. The summed E-state index contributed by atoms with van der Waals surface area (Å²) in [7, 11) is 1.68. The molecule has 20 heavy (non-hydrogen) atoms. The number of aromatic amines is 1. The maximum Gasteiger partial charge on any atom is 0.252 e. The van der Waals surface area contributed by atoms with Crippen LogP contribution in [-0.4, -0.2) is 36.0 Å². The summed E-state index contributed by atoms with van der Waals surface area (Å²) < 4.78 is 0. The van der Waals surface area contributed by atoms with Crippen molar-refractivity contribution in [3.05, 3.63) is 22.2 Å². The fourth-order valence-corrected chi connectivity index (χ4v) is 2.75. The Hall–Kier alpha value is -1.85. The molecule has 1 amide bonds. The van der Waals surface area contributed by atoms with Crippen molar-refractivity contribution in [1.82, 2.24) is 15.3 Å². The van der Waals surface area contributed by atoms with Gasteiger partial charge in [0.05, 0.1) is 0 Å². The van der Waals surface area contributed by atoms with Gasteiger partial charge in [0.1, 0.15) is 11.6 Å². The first-order valence-electron chi connectivity index (χ1n) is 7.25. The van der Waals surface area contributed by atoms with Crippen molar-refractivity contribution >= 4 is 11.7 Å². The Bertz CT molecular complexity index is 557. The lowest BCUT2D eigenvalue weighted by Crippen LogP contribution is -2.40. The average molecular weight is 276 g/mol. The molecule has 1 saturated heterocycles. The van der Waals surface area contributed by atoms with Gasteiger partial charge in [-0.05, 0) is 25.7 Å². The molecule has 2 fully saturated rings. The summed E-state index contributed by atoms with van der Waals surface area (Å²) in [6.45, 7) is 1.55. The Morgan fingerprint density at radius 2 is 2.05 bits per heavy atom. The zero-order valence-electron chi connectivity index (χ0n) is 11.7. The Morgan fingerprint density at radius 1 is 1.35 bits per heavy atom. The van der Waals surface area contributed by atoms with E-state index in [-0.39, 0.29) is 17.4 Å². The van der Waals surface area contributed by atoms with Gasteiger partial charge >= 0.3 is 0 Å². The van der Waals surface area contributed by atoms with Crippen LogP contribution < -0.4 is 15.8 Å². The van der Waals surface area contributed by atoms with Gasteiger partial charge in [0, 0.05) is 38.0 Å². The lowest BCUT2D eigenvalue weighted by atomic mass is 9.96. The van der Waals surface area contributed by atoms with Gasteiger partial charge in [-0.2, -0.15) is 0 Å². The Balaban J connectivity index is 1.71. The van der Waals surface area contributed by atoms with Crippen molar-refractivity contribution in [2.75, 3.05) is 25.0 Å². The molecule has 0 spiro atoms. The van der Waals surface area contributed by atoms with Crippen molar-refractivity contribution in [3.63, 3.8) is 0 Å². The summed E-state index contributed by atoms with van der Waals surface area (Å²) in [5.74, 6) is 2.21. The minimum atomic E-state index is -0.0784. The molecule has 0 unspecified atom stereocenters. The van der Waals surface area contributed by atoms with Gasteiger partial charge in [-0.15, -0.1) is 0 Å². The van der Waals surface area contributed by atoms with Gasteiger partial charge in [0.25, 0.3) is 5.56 Å². The molecule has 6 heteroatoms. The zero-order valence-corrected chi connectivity index (χ0v) is 11.7. The highest BCUT2D eigenvalue weighted by Crippen LogP contribution is 2.38. The van der Waals surface area contributed by atoms with Crippen LogP contribution in [0, 0.1) is 5.92 Å². The van der Waals surface area contributed by atoms with Crippen molar-refractivity contribution < 1.29 is 4.79 Å². The molecule has 1 aliphatic heterocycles. The number of anilines is 1. The van der Waals surface area contributed by atoms with E-state index < -0.39 is 0 Å². The second-order valence-corrected chi connectivity index (χ2v) is 5.64. The fraction of sp³-hybridized carbons (Fsp3) is 0.643. The minimum Gasteiger partial charge on any atom is -0.359 e. The fourth-order valence-electron chi connectivity index (χ4n) is 2.75. The van der Waals surface area contributed by atoms with Crippen molar-refractivity contribution in [2.24, 2.45) is 5.92 Å². The van der Waals surface area contributed by atoms with Crippen LogP contribution in [-0.2, 0) is 4.79 Å². The minimum absolute atomic E-state index is 0.0784. The molecule has 1 aromatic heterocycles. The highest BCUT2D eigenvalue weighted by molar-refractivity contribution is 5.78. The van der Waals surface area contributed by atoms with Crippen molar-refractivity contribution in [3.8, 4) is 0 Å². The third-order valence-corrected chi connectivity index (χ3v) is 4.15. The van der Waals surface area contributed by atoms with E-state index in [0.717, 1.165) is 50.4 Å². The van der Waals surface area contributed by atoms with Gasteiger partial charge < -0.3 is 15.2 Å². The number of hydrogen-bond donors (Lipinski definition) is 2. The van der Waals surface area contributed by atoms with E-state index in [2.05, 4.69) is 20.2 Å². The molecule has 0 aromatic carbocycles. The molecule has 1 saturated carbocycles. The maximum atomic E-state index is 11.7. The molecule has 2 N–H and O–H groups in total. The number of nitrogens with zero attached hydrogens (tertiary/aromatic N) is 2. The maximum absolute atomic E-state index is 11.7. The molecule has 3 rings (SSSR count). The molecule has 0 radical (unpaired) electrons. The third-order valence-electron chi connectivity index (χ3n) is 4.15. The molecular formula is C14H20N4O2. The quantitative estimate of drug-likeness (QED) is 0.848. The Labute approximate surface area is 117 Å². The van der Waals surface area contributed by atoms with Gasteiger partial charge in [0.2, 0.25) is 5.91 Å². The van der Waals surface area contributed by atoms with Gasteiger partial charge in [-0.25, -0.2) is 4.98 Å². The Kier molecular flexibility index (Phi) is 3.46. The lowest BCUT2D eigenvalue weighted by Gasteiger charge is -2.31. The van der Waals surface area contributed by atoms with Crippen LogP contribution in [0.1, 0.15) is 37.4 Å². The number of nitrogens with one attached hydrogen (secondary N) is 2. The van der Waals surface area contributed by atoms with E-state index in [9.17, 15) is 9.59 Å². The second kappa shape index (κ2) is 5.26. The number of carbonyl (C=O) groups excluding carboxylic acids is 1. The first-order valence-corrected chi connectivity index (χ1v) is 7.25. The summed E-state index contributed by atoms with van der Waals surface area (Å²) in [5.41, 5.74) is -0.0784. The number of aromatic nitrogens is 2. The molecule has 0 atom stereocenters. The number of amides is 1. The van der Waals surface area contributed by atoms with Crippen LogP contribution in [0.25, 0.3) is 0 Å². The lowest BCUT2D eigenvalue weighted by molar-refractivity contribution is -0.125. The zero-order chi connectivity index (χ0) is 14.1. The largest absolute Gasteiger partial charge is 0.359 e. The monoisotopic (exact) mass is 276 g/mol. The summed E-state index contributed by atoms with van der Waals surface area (Å²) in [4.78, 5) is 32.9. The van der Waals surface area contributed by atoms with E-state index in [0.29, 0.717) is 5.92 Å². The first-order chi connectivity index (χ1) is 9.67. The van der Waals surface area contributed by atoms with E-state index in [1.54, 1.807) is 13.1 Å². The predicted octanol–water partition coefficient (Wildman–Crippen LogP) is 0.610. The number of hydrogen-bond acceptors (Lipinski definition) is 4. The van der Waals surface area contributed by atoms with Crippen LogP contribution in [0.15, 0.2) is 10.9 Å². The summed E-state index contributed by atoms with van der Waals surface area (Å²) in [6.07, 6.45) is 3.86. The molecule has 6 nitrogen and oxygen atoms in total. The summed E-state index contributed by atoms with van der Waals surface area (Å²) in [5, 5.41) is 2.70. The van der Waals surface area contributed by atoms with Crippen LogP contribution in [0.4, 0.5) is 5.82 Å². The molecule has 2 aliphatic rings. The van der Waals surface area contributed by atoms with E-state index in [1.807, 2.05) is 0 Å². The topological polar surface area (TPSA) is 78.1 Å². The standard InChI is InChI=1S/C14H20N4O2/c1-15-14(20)10-4-6-18(7-5-10)11-8-12(19)17-13(16-11)9-2-3-9/h8-10H,2-7H2,1H3,(H,15,20)(H,16,17,19). The third kappa shape index (κ3) is 2.69. The normalized spacial score (nSPS) is 19.9. The number of H-pyrrole nitrogens is 1. The SMILES string of the molecule is CNC(=O)C1CCN(c2cc(=O)[nH]c(C3CC3)n2)CC1. The van der Waals surface area contributed by atoms with Gasteiger partial charge in [-0.1, -0.05) is 0 Å². The van der Waals surface area contributed by atoms with Crippen LogP contribution >= 0.6 is 0 Å². The molecule has 0 bridgehead atoms. The molecular weight excluding hydrogens is 256 g/mol. The van der Waals surface area contributed by atoms with Crippen LogP contribution in [0.5, 0.6) is 0 Å². The van der Waals surface area contributed by atoms with Crippen molar-refractivity contribution in [1.29, 1.82) is 0 Å². The molecule has 108 valence electrons. The smallest absolute Gasteiger partial charge is 0.252 e. The average Bonchev–Trinajstić information content (AvgIpc) is 3.30. The van der Waals surface area contributed by atoms with Crippen LogP contribution in [0.2, 0.25) is 0 Å². The highest BCUT2D eigenvalue weighted by atomic mass is 16.1. The number of piperidine rings is 1. The van der Waals surface area contributed by atoms with E-state index >= 15 is 0 Å². The molecule has 2 heterocycles. The van der Waals surface area contributed by atoms with Gasteiger partial charge in [-0.3, -0.25) is 9.59 Å². The van der Waals surface area contributed by atoms with Crippen LogP contribution in [0.3, 0.4) is 0 Å². The summed E-state index contributed by atoms with van der Waals surface area (Å²) >= 11 is 0. The van der Waals surface area contributed by atoms with Gasteiger partial charge in [0.15, 0.2) is 0 Å². The number of carbonyl (C=O) groups is 1. The summed E-state index contributed by atoms with van der Waals surface area (Å²) in [6, 6.07) is 1.56. The highest BCUT2D eigenvalue weighted by Gasteiger charge is 2.28.